The molecule has 1 aromatic rings. The maximum absolute atomic E-state index is 11.3. The highest BCUT2D eigenvalue weighted by atomic mass is 16.5. The summed E-state index contributed by atoms with van der Waals surface area (Å²) in [5.41, 5.74) is 6.42. The summed E-state index contributed by atoms with van der Waals surface area (Å²) in [6.07, 6.45) is 0.361. The lowest BCUT2D eigenvalue weighted by molar-refractivity contribution is 0.0594. The van der Waals surface area contributed by atoms with Gasteiger partial charge in [0.15, 0.2) is 11.5 Å². The molecule has 0 amide bonds. The SMILES string of the molecule is COC(=O)c1ccc(N)c(N(C)CCC#N)n1. The molecule has 0 bridgehead atoms. The highest BCUT2D eigenvalue weighted by molar-refractivity contribution is 5.88. The minimum atomic E-state index is -0.514. The van der Waals surface area contributed by atoms with Gasteiger partial charge < -0.3 is 15.4 Å². The van der Waals surface area contributed by atoms with Gasteiger partial charge in [0.25, 0.3) is 0 Å². The van der Waals surface area contributed by atoms with E-state index in [0.29, 0.717) is 24.5 Å². The summed E-state index contributed by atoms with van der Waals surface area (Å²) < 4.78 is 4.58. The number of nitriles is 1. The summed E-state index contributed by atoms with van der Waals surface area (Å²) in [6.45, 7) is 0.498. The Kier molecular flexibility index (Phi) is 4.29. The molecule has 0 saturated heterocycles. The second-order valence-corrected chi connectivity index (χ2v) is 3.43. The highest BCUT2D eigenvalue weighted by Crippen LogP contribution is 2.20. The van der Waals surface area contributed by atoms with Crippen LogP contribution in [0.25, 0.3) is 0 Å². The third-order valence-electron chi connectivity index (χ3n) is 2.22. The Balaban J connectivity index is 2.98. The first-order valence-corrected chi connectivity index (χ1v) is 5.03. The zero-order valence-electron chi connectivity index (χ0n) is 9.80. The molecule has 1 heterocycles. The fourth-order valence-corrected chi connectivity index (χ4v) is 1.31. The molecular formula is C11H14N4O2. The Morgan fingerprint density at radius 1 is 1.65 bits per heavy atom. The Morgan fingerprint density at radius 2 is 2.35 bits per heavy atom. The average Bonchev–Trinajstić information content (AvgIpc) is 2.35. The lowest BCUT2D eigenvalue weighted by Crippen LogP contribution is -2.22. The molecule has 0 aliphatic heterocycles. The zero-order chi connectivity index (χ0) is 12.8. The molecule has 0 aliphatic rings. The smallest absolute Gasteiger partial charge is 0.356 e. The molecule has 0 aromatic carbocycles. The summed E-state index contributed by atoms with van der Waals surface area (Å²) in [6, 6.07) is 5.13. The molecule has 0 atom stereocenters. The quantitative estimate of drug-likeness (QED) is 0.774. The van der Waals surface area contributed by atoms with E-state index in [9.17, 15) is 4.79 Å². The van der Waals surface area contributed by atoms with E-state index in [0.717, 1.165) is 0 Å². The number of carbonyl (C=O) groups excluding carboxylic acids is 1. The third kappa shape index (κ3) is 3.08. The van der Waals surface area contributed by atoms with Gasteiger partial charge in [-0.2, -0.15) is 5.26 Å². The largest absolute Gasteiger partial charge is 0.464 e. The van der Waals surface area contributed by atoms with E-state index in [4.69, 9.17) is 11.0 Å². The summed E-state index contributed by atoms with van der Waals surface area (Å²) in [7, 11) is 3.05. The number of anilines is 2. The second kappa shape index (κ2) is 5.70. The first-order valence-electron chi connectivity index (χ1n) is 5.03. The van der Waals surface area contributed by atoms with Gasteiger partial charge in [-0.25, -0.2) is 9.78 Å². The fourth-order valence-electron chi connectivity index (χ4n) is 1.31. The van der Waals surface area contributed by atoms with Crippen molar-refractivity contribution in [3.63, 3.8) is 0 Å². The van der Waals surface area contributed by atoms with Gasteiger partial charge in [-0.15, -0.1) is 0 Å². The van der Waals surface area contributed by atoms with Crippen LogP contribution in [0.3, 0.4) is 0 Å². The average molecular weight is 234 g/mol. The lowest BCUT2D eigenvalue weighted by Gasteiger charge is -2.18. The van der Waals surface area contributed by atoms with Crippen molar-refractivity contribution in [2.45, 2.75) is 6.42 Å². The van der Waals surface area contributed by atoms with Crippen molar-refractivity contribution < 1.29 is 9.53 Å². The number of nitrogens with zero attached hydrogens (tertiary/aromatic N) is 3. The van der Waals surface area contributed by atoms with Crippen molar-refractivity contribution in [3.8, 4) is 6.07 Å². The molecule has 6 nitrogen and oxygen atoms in total. The molecule has 0 radical (unpaired) electrons. The number of methoxy groups -OCH3 is 1. The summed E-state index contributed by atoms with van der Waals surface area (Å²) in [5.74, 6) is -0.0388. The number of pyridine rings is 1. The number of esters is 1. The monoisotopic (exact) mass is 234 g/mol. The molecule has 0 unspecified atom stereocenters. The summed E-state index contributed by atoms with van der Waals surface area (Å²) in [5, 5.41) is 8.51. The van der Waals surface area contributed by atoms with Gasteiger partial charge in [0.05, 0.1) is 25.3 Å². The van der Waals surface area contributed by atoms with Crippen LogP contribution in [0, 0.1) is 11.3 Å². The molecule has 0 fully saturated rings. The minimum Gasteiger partial charge on any atom is -0.464 e. The minimum absolute atomic E-state index is 0.195. The number of rotatable bonds is 4. The predicted molar refractivity (Wildman–Crippen MR) is 63.5 cm³/mol. The van der Waals surface area contributed by atoms with Gasteiger partial charge in [0.2, 0.25) is 0 Å². The van der Waals surface area contributed by atoms with Crippen molar-refractivity contribution in [1.29, 1.82) is 5.26 Å². The molecule has 1 rings (SSSR count). The van der Waals surface area contributed by atoms with Crippen molar-refractivity contribution in [2.75, 3.05) is 31.3 Å². The van der Waals surface area contributed by atoms with Gasteiger partial charge in [0, 0.05) is 13.6 Å². The van der Waals surface area contributed by atoms with Crippen LogP contribution >= 0.6 is 0 Å². The first kappa shape index (κ1) is 12.8. The van der Waals surface area contributed by atoms with Crippen molar-refractivity contribution in [3.05, 3.63) is 17.8 Å². The molecular weight excluding hydrogens is 220 g/mol. The molecule has 17 heavy (non-hydrogen) atoms. The van der Waals surface area contributed by atoms with Crippen LogP contribution in [-0.4, -0.2) is 31.7 Å². The Labute approximate surface area is 99.6 Å². The van der Waals surface area contributed by atoms with Crippen molar-refractivity contribution >= 4 is 17.5 Å². The molecule has 2 N–H and O–H groups in total. The number of aromatic nitrogens is 1. The maximum Gasteiger partial charge on any atom is 0.356 e. The van der Waals surface area contributed by atoms with Crippen LogP contribution in [-0.2, 0) is 4.74 Å². The lowest BCUT2D eigenvalue weighted by atomic mass is 10.3. The Morgan fingerprint density at radius 3 is 2.94 bits per heavy atom. The predicted octanol–water partition coefficient (Wildman–Crippen LogP) is 0.800. The number of nitrogens with two attached hydrogens (primary N) is 1. The van der Waals surface area contributed by atoms with E-state index < -0.39 is 5.97 Å². The van der Waals surface area contributed by atoms with Gasteiger partial charge in [-0.05, 0) is 12.1 Å². The standard InChI is InChI=1S/C11H14N4O2/c1-15(7-3-6-12)10-8(13)4-5-9(14-10)11(16)17-2/h4-5H,3,7,13H2,1-2H3. The van der Waals surface area contributed by atoms with E-state index in [-0.39, 0.29) is 5.69 Å². The number of hydrogen-bond donors (Lipinski definition) is 1. The Bertz CT molecular complexity index is 453. The maximum atomic E-state index is 11.3. The topological polar surface area (TPSA) is 92.2 Å². The molecule has 0 spiro atoms. The second-order valence-electron chi connectivity index (χ2n) is 3.43. The molecule has 90 valence electrons. The van der Waals surface area contributed by atoms with Crippen LogP contribution < -0.4 is 10.6 Å². The van der Waals surface area contributed by atoms with Crippen LogP contribution in [0.1, 0.15) is 16.9 Å². The van der Waals surface area contributed by atoms with Gasteiger partial charge in [-0.3, -0.25) is 0 Å². The van der Waals surface area contributed by atoms with Crippen molar-refractivity contribution in [1.82, 2.24) is 4.98 Å². The van der Waals surface area contributed by atoms with Gasteiger partial charge in [0.1, 0.15) is 0 Å². The molecule has 1 aromatic heterocycles. The van der Waals surface area contributed by atoms with E-state index in [1.165, 1.54) is 13.2 Å². The van der Waals surface area contributed by atoms with Crippen LogP contribution in [0.2, 0.25) is 0 Å². The Hall–Kier alpha value is -2.29. The molecule has 0 aliphatic carbocycles. The van der Waals surface area contributed by atoms with E-state index in [1.54, 1.807) is 18.0 Å². The van der Waals surface area contributed by atoms with E-state index in [1.807, 2.05) is 6.07 Å². The van der Waals surface area contributed by atoms with Crippen molar-refractivity contribution in [2.24, 2.45) is 0 Å². The number of ether oxygens (including phenoxy) is 1. The van der Waals surface area contributed by atoms with E-state index in [2.05, 4.69) is 9.72 Å². The summed E-state index contributed by atoms with van der Waals surface area (Å²) >= 11 is 0. The summed E-state index contributed by atoms with van der Waals surface area (Å²) in [4.78, 5) is 17.2. The third-order valence-corrected chi connectivity index (χ3v) is 2.22. The fraction of sp³-hybridized carbons (Fsp3) is 0.364. The van der Waals surface area contributed by atoms with Gasteiger partial charge in [-0.1, -0.05) is 0 Å². The number of nitrogen functional groups attached to an aromatic ring is 1. The van der Waals surface area contributed by atoms with Crippen LogP contribution in [0.4, 0.5) is 11.5 Å². The van der Waals surface area contributed by atoms with E-state index >= 15 is 0 Å². The van der Waals surface area contributed by atoms with Crippen LogP contribution in [0.15, 0.2) is 12.1 Å². The number of hydrogen-bond acceptors (Lipinski definition) is 6. The van der Waals surface area contributed by atoms with Gasteiger partial charge >= 0.3 is 5.97 Å². The first-order chi connectivity index (χ1) is 8.10. The molecule has 0 saturated carbocycles. The zero-order valence-corrected chi connectivity index (χ0v) is 9.80. The highest BCUT2D eigenvalue weighted by Gasteiger charge is 2.12. The number of carbonyl (C=O) groups is 1. The molecule has 6 heteroatoms. The normalized spacial score (nSPS) is 9.47. The van der Waals surface area contributed by atoms with Crippen LogP contribution in [0.5, 0.6) is 0 Å².